The van der Waals surface area contributed by atoms with Crippen LogP contribution >= 0.6 is 0 Å². The van der Waals surface area contributed by atoms with Crippen molar-refractivity contribution < 1.29 is 27.5 Å². The summed E-state index contributed by atoms with van der Waals surface area (Å²) in [5.41, 5.74) is 1.40. The van der Waals surface area contributed by atoms with Crippen molar-refractivity contribution in [2.75, 3.05) is 20.3 Å². The van der Waals surface area contributed by atoms with Crippen molar-refractivity contribution in [2.24, 2.45) is 0 Å². The third-order valence-corrected chi connectivity index (χ3v) is 7.19. The summed E-state index contributed by atoms with van der Waals surface area (Å²) in [6.07, 6.45) is 3.20. The van der Waals surface area contributed by atoms with Crippen molar-refractivity contribution in [1.29, 1.82) is 0 Å². The summed E-state index contributed by atoms with van der Waals surface area (Å²) in [6, 6.07) is 15.2. The smallest absolute Gasteiger partial charge is 0.255 e. The molecule has 0 atom stereocenters. The molecule has 6 rings (SSSR count). The van der Waals surface area contributed by atoms with E-state index in [0.717, 1.165) is 5.56 Å². The molecule has 5 aromatic rings. The van der Waals surface area contributed by atoms with Gasteiger partial charge in [0, 0.05) is 36.1 Å². The number of benzene rings is 3. The van der Waals surface area contributed by atoms with Crippen LogP contribution in [0.2, 0.25) is 0 Å². The minimum Gasteiger partial charge on any atom is -0.455 e. The normalized spacial score (nSPS) is 14.0. The van der Waals surface area contributed by atoms with E-state index >= 15 is 4.39 Å². The molecule has 0 radical (unpaired) electrons. The van der Waals surface area contributed by atoms with Crippen LogP contribution in [0.3, 0.4) is 0 Å². The van der Waals surface area contributed by atoms with E-state index in [1.807, 2.05) is 0 Å². The molecule has 1 aliphatic rings. The molecule has 2 amide bonds. The summed E-state index contributed by atoms with van der Waals surface area (Å²) in [7, 11) is 1.43. The van der Waals surface area contributed by atoms with E-state index in [0.29, 0.717) is 22.5 Å². The van der Waals surface area contributed by atoms with E-state index < -0.39 is 29.0 Å². The van der Waals surface area contributed by atoms with Crippen LogP contribution < -0.4 is 10.6 Å². The summed E-state index contributed by atoms with van der Waals surface area (Å²) in [4.78, 5) is 34.9. The number of rotatable bonds is 6. The summed E-state index contributed by atoms with van der Waals surface area (Å²) in [5.74, 6) is -1.51. The molecule has 8 nitrogen and oxygen atoms in total. The minimum absolute atomic E-state index is 0.00482. The van der Waals surface area contributed by atoms with Crippen LogP contribution in [0, 0.1) is 18.6 Å². The minimum atomic E-state index is -0.858. The number of aryl methyl sites for hydroxylation is 1. The lowest BCUT2D eigenvalue weighted by molar-refractivity contribution is -0.0777. The largest absolute Gasteiger partial charge is 0.455 e. The Morgan fingerprint density at radius 1 is 0.927 bits per heavy atom. The van der Waals surface area contributed by atoms with Gasteiger partial charge in [-0.3, -0.25) is 9.59 Å². The fourth-order valence-corrected chi connectivity index (χ4v) is 4.96. The highest BCUT2D eigenvalue weighted by atomic mass is 19.1. The molecule has 41 heavy (non-hydrogen) atoms. The first-order valence-corrected chi connectivity index (χ1v) is 12.8. The molecule has 0 aliphatic carbocycles. The molecule has 0 bridgehead atoms. The van der Waals surface area contributed by atoms with E-state index in [4.69, 9.17) is 9.15 Å². The van der Waals surface area contributed by atoms with Gasteiger partial charge in [0.25, 0.3) is 11.8 Å². The first-order chi connectivity index (χ1) is 19.8. The van der Waals surface area contributed by atoms with Gasteiger partial charge in [0.15, 0.2) is 5.82 Å². The maximum Gasteiger partial charge on any atom is 0.255 e. The maximum atomic E-state index is 16.3. The van der Waals surface area contributed by atoms with Crippen molar-refractivity contribution >= 4 is 22.8 Å². The Morgan fingerprint density at radius 2 is 1.66 bits per heavy atom. The highest BCUT2D eigenvalue weighted by Crippen LogP contribution is 2.39. The first-order valence-electron chi connectivity index (χ1n) is 12.8. The lowest BCUT2D eigenvalue weighted by Crippen LogP contribution is -2.60. The number of fused-ring (bicyclic) bond motifs is 1. The third kappa shape index (κ3) is 4.52. The summed E-state index contributed by atoms with van der Waals surface area (Å²) in [5, 5.41) is 5.51. The van der Waals surface area contributed by atoms with Crippen LogP contribution in [0.1, 0.15) is 32.1 Å². The molecule has 206 valence electrons. The number of hydrogen-bond donors (Lipinski definition) is 2. The Balaban J connectivity index is 1.42. The van der Waals surface area contributed by atoms with E-state index in [9.17, 15) is 14.0 Å². The number of furan rings is 1. The Kier molecular flexibility index (Phi) is 6.55. The Labute approximate surface area is 233 Å². The summed E-state index contributed by atoms with van der Waals surface area (Å²) >= 11 is 0. The van der Waals surface area contributed by atoms with E-state index in [-0.39, 0.29) is 41.1 Å². The molecule has 10 heteroatoms. The number of nitrogens with one attached hydrogen (secondary N) is 2. The first kappa shape index (κ1) is 26.3. The van der Waals surface area contributed by atoms with Gasteiger partial charge >= 0.3 is 0 Å². The molecule has 2 aromatic heterocycles. The van der Waals surface area contributed by atoms with Gasteiger partial charge in [0.05, 0.1) is 24.2 Å². The van der Waals surface area contributed by atoms with Crippen molar-refractivity contribution in [2.45, 2.75) is 12.5 Å². The molecule has 1 aliphatic heterocycles. The highest BCUT2D eigenvalue weighted by Gasteiger charge is 2.44. The number of carbonyl (C=O) groups is 2. The number of carbonyl (C=O) groups excluding carboxylic acids is 2. The lowest BCUT2D eigenvalue weighted by Gasteiger charge is -2.40. The number of ether oxygens (including phenoxy) is 1. The van der Waals surface area contributed by atoms with Gasteiger partial charge in [-0.2, -0.15) is 0 Å². The van der Waals surface area contributed by atoms with Gasteiger partial charge in [-0.05, 0) is 72.6 Å². The van der Waals surface area contributed by atoms with Crippen molar-refractivity contribution in [3.05, 3.63) is 107 Å². The van der Waals surface area contributed by atoms with Crippen LogP contribution in [0.15, 0.2) is 77.5 Å². The molecule has 0 saturated carbocycles. The van der Waals surface area contributed by atoms with Gasteiger partial charge in [-0.15, -0.1) is 0 Å². The predicted octanol–water partition coefficient (Wildman–Crippen LogP) is 5.16. The number of nitrogens with zero attached hydrogens (tertiary/aromatic N) is 2. The average Bonchev–Trinajstić information content (AvgIpc) is 3.36. The summed E-state index contributed by atoms with van der Waals surface area (Å²) < 4.78 is 41.2. The number of amides is 2. The molecule has 1 fully saturated rings. The molecule has 3 heterocycles. The zero-order valence-corrected chi connectivity index (χ0v) is 22.1. The summed E-state index contributed by atoms with van der Waals surface area (Å²) in [6.45, 7) is 2.26. The standard InChI is InChI=1S/C31H24F2N4O4/c1-17-4-5-19(28(38)37-31(15-40-16-31)30-35-12-3-13-36-30)14-22(17)21-10-11-23-24(26(21)33)25(29(39)34-2)27(41-23)18-6-8-20(32)9-7-18/h3-14H,15-16H2,1-2H3,(H,34,39)(H,37,38). The van der Waals surface area contributed by atoms with E-state index in [1.54, 1.807) is 55.7 Å². The van der Waals surface area contributed by atoms with E-state index in [2.05, 4.69) is 20.6 Å². The fraction of sp³-hybridized carbons (Fsp3) is 0.161. The second-order valence-electron chi connectivity index (χ2n) is 9.82. The van der Waals surface area contributed by atoms with Crippen LogP contribution in [-0.2, 0) is 10.3 Å². The van der Waals surface area contributed by atoms with Gasteiger partial charge in [-0.1, -0.05) is 6.07 Å². The van der Waals surface area contributed by atoms with Gasteiger partial charge in [-0.25, -0.2) is 18.7 Å². The quantitative estimate of drug-likeness (QED) is 0.301. The fourth-order valence-electron chi connectivity index (χ4n) is 4.96. The van der Waals surface area contributed by atoms with Crippen LogP contribution in [0.5, 0.6) is 0 Å². The third-order valence-electron chi connectivity index (χ3n) is 7.19. The Bertz CT molecular complexity index is 1800. The molecule has 0 unspecified atom stereocenters. The maximum absolute atomic E-state index is 16.3. The second-order valence-corrected chi connectivity index (χ2v) is 9.82. The Hall–Kier alpha value is -4.96. The molecule has 3 aromatic carbocycles. The van der Waals surface area contributed by atoms with Crippen molar-refractivity contribution in [3.63, 3.8) is 0 Å². The van der Waals surface area contributed by atoms with Crippen LogP contribution in [0.25, 0.3) is 33.4 Å². The predicted molar refractivity (Wildman–Crippen MR) is 147 cm³/mol. The van der Waals surface area contributed by atoms with Gasteiger partial charge in [0.2, 0.25) is 0 Å². The average molecular weight is 555 g/mol. The van der Waals surface area contributed by atoms with Gasteiger partial charge < -0.3 is 19.8 Å². The van der Waals surface area contributed by atoms with Crippen molar-refractivity contribution in [3.8, 4) is 22.5 Å². The second kappa shape index (κ2) is 10.2. The lowest BCUT2D eigenvalue weighted by atomic mass is 9.93. The number of hydrogen-bond acceptors (Lipinski definition) is 6. The monoisotopic (exact) mass is 554 g/mol. The van der Waals surface area contributed by atoms with Crippen LogP contribution in [0.4, 0.5) is 8.78 Å². The van der Waals surface area contributed by atoms with Gasteiger partial charge in [0.1, 0.15) is 28.5 Å². The highest BCUT2D eigenvalue weighted by molar-refractivity contribution is 6.12. The SMILES string of the molecule is CNC(=O)c1c(-c2ccc(F)cc2)oc2ccc(-c3cc(C(=O)NC4(c5ncccn5)COC4)ccc3C)c(F)c12. The zero-order chi connectivity index (χ0) is 28.7. The molecular weight excluding hydrogens is 530 g/mol. The topological polar surface area (TPSA) is 106 Å². The number of halogens is 2. The van der Waals surface area contributed by atoms with Crippen molar-refractivity contribution in [1.82, 2.24) is 20.6 Å². The molecule has 2 N–H and O–H groups in total. The zero-order valence-electron chi connectivity index (χ0n) is 22.1. The molecule has 0 spiro atoms. The Morgan fingerprint density at radius 3 is 2.32 bits per heavy atom. The molecular formula is C31H24F2N4O4. The number of aromatic nitrogens is 2. The van der Waals surface area contributed by atoms with E-state index in [1.165, 1.54) is 31.3 Å². The van der Waals surface area contributed by atoms with Crippen LogP contribution in [-0.4, -0.2) is 42.0 Å². The molecule has 1 saturated heterocycles.